The zero-order valence-electron chi connectivity index (χ0n) is 13.5. The third kappa shape index (κ3) is 3.10. The molecule has 1 N–H and O–H groups in total. The molecule has 0 spiro atoms. The predicted molar refractivity (Wildman–Crippen MR) is 83.9 cm³/mol. The van der Waals surface area contributed by atoms with Crippen LogP contribution in [0.3, 0.4) is 0 Å². The standard InChI is InChI=1S/C17H20N2O5/c1-20-8-14-5-13(19-24-14)6-17(9-21-10-17)18-7-12-2-3-15-16(4-12)23-11-22-15/h2-5,18H,6-11H2,1H3. The van der Waals surface area contributed by atoms with Gasteiger partial charge in [0.1, 0.15) is 6.61 Å². The first-order valence-corrected chi connectivity index (χ1v) is 7.91. The van der Waals surface area contributed by atoms with Gasteiger partial charge in [-0.1, -0.05) is 11.2 Å². The van der Waals surface area contributed by atoms with Gasteiger partial charge in [0, 0.05) is 26.1 Å². The lowest BCUT2D eigenvalue weighted by atomic mass is 9.91. The average molecular weight is 332 g/mol. The van der Waals surface area contributed by atoms with Crippen molar-refractivity contribution in [2.45, 2.75) is 25.1 Å². The molecule has 7 heteroatoms. The minimum absolute atomic E-state index is 0.114. The topological polar surface area (TPSA) is 75.0 Å². The Hall–Kier alpha value is -2.09. The second kappa shape index (κ2) is 6.43. The number of rotatable bonds is 7. The van der Waals surface area contributed by atoms with Crippen molar-refractivity contribution in [1.29, 1.82) is 0 Å². The van der Waals surface area contributed by atoms with Crippen molar-refractivity contribution in [2.24, 2.45) is 0 Å². The molecule has 0 amide bonds. The number of nitrogens with zero attached hydrogens (tertiary/aromatic N) is 1. The second-order valence-electron chi connectivity index (χ2n) is 6.21. The summed E-state index contributed by atoms with van der Waals surface area (Å²) in [5, 5.41) is 7.71. The fourth-order valence-corrected chi connectivity index (χ4v) is 2.95. The molecule has 1 fully saturated rings. The lowest BCUT2D eigenvalue weighted by Gasteiger charge is -2.42. The van der Waals surface area contributed by atoms with E-state index in [0.29, 0.717) is 26.6 Å². The third-order valence-electron chi connectivity index (χ3n) is 4.28. The molecule has 1 saturated heterocycles. The molecule has 2 aliphatic rings. The Morgan fingerprint density at radius 3 is 2.88 bits per heavy atom. The number of fused-ring (bicyclic) bond motifs is 1. The lowest BCUT2D eigenvalue weighted by molar-refractivity contribution is -0.0755. The highest BCUT2D eigenvalue weighted by atomic mass is 16.7. The minimum atomic E-state index is -0.114. The second-order valence-corrected chi connectivity index (χ2v) is 6.21. The van der Waals surface area contributed by atoms with E-state index in [9.17, 15) is 0 Å². The van der Waals surface area contributed by atoms with Gasteiger partial charge in [-0.25, -0.2) is 0 Å². The van der Waals surface area contributed by atoms with E-state index in [1.54, 1.807) is 7.11 Å². The van der Waals surface area contributed by atoms with Crippen LogP contribution in [-0.2, 0) is 29.0 Å². The molecule has 0 aliphatic carbocycles. The average Bonchev–Trinajstić information content (AvgIpc) is 3.18. The van der Waals surface area contributed by atoms with Gasteiger partial charge in [0.25, 0.3) is 0 Å². The number of methoxy groups -OCH3 is 1. The van der Waals surface area contributed by atoms with Crippen molar-refractivity contribution in [3.05, 3.63) is 41.3 Å². The molecule has 128 valence electrons. The maximum Gasteiger partial charge on any atom is 0.231 e. The largest absolute Gasteiger partial charge is 0.454 e. The first-order valence-electron chi connectivity index (χ1n) is 7.91. The Morgan fingerprint density at radius 2 is 2.08 bits per heavy atom. The van der Waals surface area contributed by atoms with Gasteiger partial charge in [0.2, 0.25) is 6.79 Å². The van der Waals surface area contributed by atoms with E-state index < -0.39 is 0 Å². The molecule has 0 atom stereocenters. The zero-order valence-corrected chi connectivity index (χ0v) is 13.5. The molecule has 1 aromatic heterocycles. The van der Waals surface area contributed by atoms with Crippen LogP contribution in [0.2, 0.25) is 0 Å². The summed E-state index contributed by atoms with van der Waals surface area (Å²) in [5.74, 6) is 2.33. The predicted octanol–water partition coefficient (Wildman–Crippen LogP) is 1.65. The van der Waals surface area contributed by atoms with Crippen molar-refractivity contribution in [3.63, 3.8) is 0 Å². The quantitative estimate of drug-likeness (QED) is 0.826. The van der Waals surface area contributed by atoms with E-state index >= 15 is 0 Å². The van der Waals surface area contributed by atoms with Crippen molar-refractivity contribution in [3.8, 4) is 11.5 Å². The number of nitrogens with one attached hydrogen (secondary N) is 1. The monoisotopic (exact) mass is 332 g/mol. The Balaban J connectivity index is 1.39. The van der Waals surface area contributed by atoms with Gasteiger partial charge in [-0.15, -0.1) is 0 Å². The molecule has 3 heterocycles. The number of ether oxygens (including phenoxy) is 4. The minimum Gasteiger partial charge on any atom is -0.454 e. The van der Waals surface area contributed by atoms with Gasteiger partial charge in [-0.3, -0.25) is 0 Å². The number of hydrogen-bond acceptors (Lipinski definition) is 7. The van der Waals surface area contributed by atoms with E-state index in [0.717, 1.165) is 41.5 Å². The Bertz CT molecular complexity index is 711. The molecular weight excluding hydrogens is 312 g/mol. The highest BCUT2D eigenvalue weighted by molar-refractivity contribution is 5.44. The molecule has 0 unspecified atom stereocenters. The van der Waals surface area contributed by atoms with E-state index in [-0.39, 0.29) is 5.54 Å². The van der Waals surface area contributed by atoms with Gasteiger partial charge >= 0.3 is 0 Å². The first kappa shape index (κ1) is 15.4. The van der Waals surface area contributed by atoms with E-state index in [1.165, 1.54) is 0 Å². The molecule has 2 aliphatic heterocycles. The van der Waals surface area contributed by atoms with Crippen LogP contribution in [-0.4, -0.2) is 37.8 Å². The Morgan fingerprint density at radius 1 is 1.21 bits per heavy atom. The Labute approximate surface area is 139 Å². The van der Waals surface area contributed by atoms with Crippen molar-refractivity contribution < 1.29 is 23.5 Å². The van der Waals surface area contributed by atoms with Crippen molar-refractivity contribution in [2.75, 3.05) is 27.1 Å². The molecule has 0 saturated carbocycles. The SMILES string of the molecule is COCc1cc(CC2(NCc3ccc4c(c3)OCO4)COC2)no1. The Kier molecular flexibility index (Phi) is 4.13. The summed E-state index contributed by atoms with van der Waals surface area (Å²) in [6.07, 6.45) is 0.755. The van der Waals surface area contributed by atoms with Crippen LogP contribution in [0, 0.1) is 0 Å². The smallest absolute Gasteiger partial charge is 0.231 e. The van der Waals surface area contributed by atoms with Crippen LogP contribution in [0.4, 0.5) is 0 Å². The first-order chi connectivity index (χ1) is 11.8. The van der Waals surface area contributed by atoms with Gasteiger partial charge in [-0.2, -0.15) is 0 Å². The lowest BCUT2D eigenvalue weighted by Crippen LogP contribution is -2.61. The van der Waals surface area contributed by atoms with Crippen LogP contribution in [0.1, 0.15) is 17.0 Å². The normalized spacial score (nSPS) is 17.7. The van der Waals surface area contributed by atoms with Gasteiger partial charge in [-0.05, 0) is 17.7 Å². The number of benzene rings is 1. The maximum absolute atomic E-state index is 5.44. The van der Waals surface area contributed by atoms with E-state index in [1.807, 2.05) is 24.3 Å². The van der Waals surface area contributed by atoms with E-state index in [4.69, 9.17) is 23.5 Å². The van der Waals surface area contributed by atoms with Crippen LogP contribution in [0.25, 0.3) is 0 Å². The highest BCUT2D eigenvalue weighted by Gasteiger charge is 2.39. The molecule has 1 aromatic carbocycles. The molecule has 4 rings (SSSR count). The fraction of sp³-hybridized carbons (Fsp3) is 0.471. The molecule has 2 aromatic rings. The van der Waals surface area contributed by atoms with Gasteiger partial charge < -0.3 is 28.8 Å². The van der Waals surface area contributed by atoms with E-state index in [2.05, 4.69) is 10.5 Å². The van der Waals surface area contributed by atoms with Gasteiger partial charge in [0.05, 0.1) is 24.4 Å². The fourth-order valence-electron chi connectivity index (χ4n) is 2.95. The third-order valence-corrected chi connectivity index (χ3v) is 4.28. The molecular formula is C17H20N2O5. The molecule has 24 heavy (non-hydrogen) atoms. The summed E-state index contributed by atoms with van der Waals surface area (Å²) >= 11 is 0. The van der Waals surface area contributed by atoms with Crippen molar-refractivity contribution in [1.82, 2.24) is 10.5 Å². The summed E-state index contributed by atoms with van der Waals surface area (Å²) in [4.78, 5) is 0. The van der Waals surface area contributed by atoms with Crippen LogP contribution in [0.15, 0.2) is 28.8 Å². The summed E-state index contributed by atoms with van der Waals surface area (Å²) in [6, 6.07) is 7.93. The molecule has 0 bridgehead atoms. The number of aromatic nitrogens is 1. The summed E-state index contributed by atoms with van der Waals surface area (Å²) in [5.41, 5.74) is 1.94. The highest BCUT2D eigenvalue weighted by Crippen LogP contribution is 2.33. The van der Waals surface area contributed by atoms with Crippen LogP contribution >= 0.6 is 0 Å². The van der Waals surface area contributed by atoms with Crippen LogP contribution in [0.5, 0.6) is 11.5 Å². The summed E-state index contributed by atoms with van der Waals surface area (Å²) in [6.45, 7) is 2.76. The number of hydrogen-bond donors (Lipinski definition) is 1. The van der Waals surface area contributed by atoms with Crippen LogP contribution < -0.4 is 14.8 Å². The summed E-state index contributed by atoms with van der Waals surface area (Å²) in [7, 11) is 1.64. The maximum atomic E-state index is 5.44. The molecule has 0 radical (unpaired) electrons. The summed E-state index contributed by atoms with van der Waals surface area (Å²) < 4.78 is 26.5. The van der Waals surface area contributed by atoms with Gasteiger partial charge in [0.15, 0.2) is 17.3 Å². The zero-order chi connectivity index (χ0) is 16.4. The molecule has 7 nitrogen and oxygen atoms in total. The van der Waals surface area contributed by atoms with Crippen molar-refractivity contribution >= 4 is 0 Å².